The maximum Gasteiger partial charge on any atom is 0.243 e. The average Bonchev–Trinajstić information content (AvgIpc) is 2.35. The fraction of sp³-hybridized carbons (Fsp3) is 0.545. The van der Waals surface area contributed by atoms with Crippen LogP contribution in [0.5, 0.6) is 5.88 Å². The first-order valence-corrected chi connectivity index (χ1v) is 6.05. The molecule has 0 atom stereocenters. The number of aromatic nitrogens is 2. The molecular formula is C11H18N4OS. The lowest BCUT2D eigenvalue weighted by atomic mass is 10.4. The molecule has 0 fully saturated rings. The molecule has 0 amide bonds. The third-order valence-corrected chi connectivity index (χ3v) is 2.63. The van der Waals surface area contributed by atoms with Gasteiger partial charge in [-0.3, -0.25) is 0 Å². The molecule has 0 spiro atoms. The van der Waals surface area contributed by atoms with Crippen LogP contribution in [0.3, 0.4) is 0 Å². The maximum absolute atomic E-state index is 5.55. The quantitative estimate of drug-likeness (QED) is 0.727. The van der Waals surface area contributed by atoms with Crippen molar-refractivity contribution in [3.05, 3.63) is 18.1 Å². The van der Waals surface area contributed by atoms with E-state index < -0.39 is 0 Å². The van der Waals surface area contributed by atoms with Gasteiger partial charge in [-0.2, -0.15) is 0 Å². The Morgan fingerprint density at radius 1 is 1.35 bits per heavy atom. The predicted octanol–water partition coefficient (Wildman–Crippen LogP) is 0.831. The van der Waals surface area contributed by atoms with Crippen molar-refractivity contribution < 1.29 is 4.74 Å². The van der Waals surface area contributed by atoms with Crippen LogP contribution in [-0.2, 0) is 0 Å². The summed E-state index contributed by atoms with van der Waals surface area (Å²) in [4.78, 5) is 10.6. The summed E-state index contributed by atoms with van der Waals surface area (Å²) in [5.74, 6) is 0.409. The first-order valence-electron chi connectivity index (χ1n) is 5.65. The topological polar surface area (TPSA) is 64.3 Å². The van der Waals surface area contributed by atoms with Gasteiger partial charge in [-0.05, 0) is 13.1 Å². The summed E-state index contributed by atoms with van der Waals surface area (Å²) in [7, 11) is 0. The molecule has 0 aliphatic carbocycles. The molecule has 17 heavy (non-hydrogen) atoms. The average molecular weight is 254 g/mol. The molecule has 0 bridgehead atoms. The zero-order chi connectivity index (χ0) is 12.7. The maximum atomic E-state index is 5.55. The van der Waals surface area contributed by atoms with Crippen LogP contribution in [0.15, 0.2) is 12.4 Å². The molecule has 6 heteroatoms. The predicted molar refractivity (Wildman–Crippen MR) is 71.2 cm³/mol. The zero-order valence-corrected chi connectivity index (χ0v) is 11.0. The second kappa shape index (κ2) is 7.13. The number of hydrogen-bond donors (Lipinski definition) is 1. The lowest BCUT2D eigenvalue weighted by Crippen LogP contribution is -2.28. The number of nitrogens with two attached hydrogens (primary N) is 1. The number of likely N-dealkylation sites (N-methyl/N-ethyl adjacent to an activating group) is 1. The van der Waals surface area contributed by atoms with Crippen molar-refractivity contribution in [2.24, 2.45) is 5.73 Å². The van der Waals surface area contributed by atoms with E-state index in [4.69, 9.17) is 22.7 Å². The van der Waals surface area contributed by atoms with Gasteiger partial charge in [-0.15, -0.1) is 0 Å². The van der Waals surface area contributed by atoms with E-state index in [-0.39, 0.29) is 4.99 Å². The van der Waals surface area contributed by atoms with E-state index in [1.165, 1.54) is 0 Å². The largest absolute Gasteiger partial charge is 0.475 e. The minimum atomic E-state index is 0.205. The highest BCUT2D eigenvalue weighted by molar-refractivity contribution is 7.80. The molecule has 1 aromatic rings. The molecule has 94 valence electrons. The third kappa shape index (κ3) is 4.24. The van der Waals surface area contributed by atoms with E-state index >= 15 is 0 Å². The van der Waals surface area contributed by atoms with E-state index in [9.17, 15) is 0 Å². The standard InChI is InChI=1S/C11H18N4OS/c1-3-15(4-2)7-8-16-11-9(10(12)17)13-5-6-14-11/h5-6H,3-4,7-8H2,1-2H3,(H2,12,17). The fourth-order valence-electron chi connectivity index (χ4n) is 1.41. The van der Waals surface area contributed by atoms with Crippen LogP contribution in [0.1, 0.15) is 19.5 Å². The molecule has 0 unspecified atom stereocenters. The first kappa shape index (κ1) is 13.8. The highest BCUT2D eigenvalue weighted by atomic mass is 32.1. The van der Waals surface area contributed by atoms with Gasteiger partial charge in [0.05, 0.1) is 0 Å². The minimum Gasteiger partial charge on any atom is -0.475 e. The van der Waals surface area contributed by atoms with Crippen LogP contribution in [0.25, 0.3) is 0 Å². The molecule has 2 N–H and O–H groups in total. The van der Waals surface area contributed by atoms with Crippen molar-refractivity contribution in [3.8, 4) is 5.88 Å². The van der Waals surface area contributed by atoms with E-state index in [1.807, 2.05) is 0 Å². The smallest absolute Gasteiger partial charge is 0.243 e. The second-order valence-corrected chi connectivity index (χ2v) is 3.89. The van der Waals surface area contributed by atoms with Crippen LogP contribution in [0.2, 0.25) is 0 Å². The summed E-state index contributed by atoms with van der Waals surface area (Å²) >= 11 is 4.88. The summed E-state index contributed by atoms with van der Waals surface area (Å²) < 4.78 is 5.55. The van der Waals surface area contributed by atoms with Crippen LogP contribution >= 0.6 is 12.2 Å². The Balaban J connectivity index is 2.54. The summed E-state index contributed by atoms with van der Waals surface area (Å²) in [5, 5.41) is 0. The third-order valence-electron chi connectivity index (χ3n) is 2.44. The molecule has 1 rings (SSSR count). The Morgan fingerprint density at radius 3 is 2.59 bits per heavy atom. The van der Waals surface area contributed by atoms with Crippen LogP contribution in [-0.4, -0.2) is 46.1 Å². The molecule has 1 heterocycles. The number of nitrogens with zero attached hydrogens (tertiary/aromatic N) is 3. The van der Waals surface area contributed by atoms with Crippen LogP contribution in [0.4, 0.5) is 0 Å². The van der Waals surface area contributed by atoms with E-state index in [1.54, 1.807) is 12.4 Å². The van der Waals surface area contributed by atoms with E-state index in [0.717, 1.165) is 19.6 Å². The van der Waals surface area contributed by atoms with E-state index in [0.29, 0.717) is 18.2 Å². The number of hydrogen-bond acceptors (Lipinski definition) is 5. The van der Waals surface area contributed by atoms with Crippen LogP contribution in [0, 0.1) is 0 Å². The Bertz CT molecular complexity index is 368. The lowest BCUT2D eigenvalue weighted by Gasteiger charge is -2.18. The van der Waals surface area contributed by atoms with Crippen molar-refractivity contribution >= 4 is 17.2 Å². The number of ether oxygens (including phenoxy) is 1. The first-order chi connectivity index (χ1) is 8.19. The van der Waals surface area contributed by atoms with Gasteiger partial charge in [0.15, 0.2) is 5.69 Å². The van der Waals surface area contributed by atoms with Crippen molar-refractivity contribution in [1.29, 1.82) is 0 Å². The normalized spacial score (nSPS) is 10.5. The molecule has 0 saturated carbocycles. The van der Waals surface area contributed by atoms with Gasteiger partial charge in [0.25, 0.3) is 0 Å². The summed E-state index contributed by atoms with van der Waals surface area (Å²) in [6.07, 6.45) is 3.11. The SMILES string of the molecule is CCN(CC)CCOc1nccnc1C(N)=S. The van der Waals surface area contributed by atoms with Crippen molar-refractivity contribution in [3.63, 3.8) is 0 Å². The molecule has 0 aliphatic heterocycles. The second-order valence-electron chi connectivity index (χ2n) is 3.45. The van der Waals surface area contributed by atoms with Gasteiger partial charge < -0.3 is 15.4 Å². The van der Waals surface area contributed by atoms with Gasteiger partial charge >= 0.3 is 0 Å². The minimum absolute atomic E-state index is 0.205. The van der Waals surface area contributed by atoms with Crippen molar-refractivity contribution in [2.45, 2.75) is 13.8 Å². The van der Waals surface area contributed by atoms with Crippen molar-refractivity contribution in [1.82, 2.24) is 14.9 Å². The van der Waals surface area contributed by atoms with Crippen LogP contribution < -0.4 is 10.5 Å². The Morgan fingerprint density at radius 2 is 2.00 bits per heavy atom. The molecule has 5 nitrogen and oxygen atoms in total. The number of thiocarbonyl (C=S) groups is 1. The Kier molecular flexibility index (Phi) is 5.79. The van der Waals surface area contributed by atoms with Crippen molar-refractivity contribution in [2.75, 3.05) is 26.2 Å². The van der Waals surface area contributed by atoms with Gasteiger partial charge in [0, 0.05) is 18.9 Å². The molecule has 0 aromatic carbocycles. The van der Waals surface area contributed by atoms with Gasteiger partial charge in [0.2, 0.25) is 5.88 Å². The summed E-state index contributed by atoms with van der Waals surface area (Å²) in [5.41, 5.74) is 5.98. The zero-order valence-electron chi connectivity index (χ0n) is 10.2. The van der Waals surface area contributed by atoms with E-state index in [2.05, 4.69) is 28.7 Å². The van der Waals surface area contributed by atoms with Gasteiger partial charge in [0.1, 0.15) is 11.6 Å². The number of rotatable bonds is 7. The summed E-state index contributed by atoms with van der Waals surface area (Å²) in [6, 6.07) is 0. The molecule has 0 saturated heterocycles. The van der Waals surface area contributed by atoms with Gasteiger partial charge in [-0.25, -0.2) is 9.97 Å². The molecule has 0 aliphatic rings. The lowest BCUT2D eigenvalue weighted by molar-refractivity contribution is 0.217. The molecule has 1 aromatic heterocycles. The molecular weight excluding hydrogens is 236 g/mol. The van der Waals surface area contributed by atoms with Gasteiger partial charge in [-0.1, -0.05) is 26.1 Å². The fourth-order valence-corrected chi connectivity index (χ4v) is 1.55. The molecule has 0 radical (unpaired) electrons. The Hall–Kier alpha value is -1.27. The summed E-state index contributed by atoms with van der Waals surface area (Å²) in [6.45, 7) is 7.64. The highest BCUT2D eigenvalue weighted by Gasteiger charge is 2.09. The highest BCUT2D eigenvalue weighted by Crippen LogP contribution is 2.10. The Labute approximate surface area is 107 Å². The monoisotopic (exact) mass is 254 g/mol.